The van der Waals surface area contributed by atoms with E-state index in [1.807, 2.05) is 6.92 Å². The average molecular weight is 392 g/mol. The van der Waals surface area contributed by atoms with Crippen molar-refractivity contribution in [2.24, 2.45) is 0 Å². The lowest BCUT2D eigenvalue weighted by molar-refractivity contribution is 0.0526. The number of nitrogens with one attached hydrogen (secondary N) is 1. The van der Waals surface area contributed by atoms with E-state index in [1.54, 1.807) is 37.5 Å². The molecule has 1 aromatic carbocycles. The van der Waals surface area contributed by atoms with Crippen LogP contribution in [0.1, 0.15) is 22.8 Å². The predicted octanol–water partition coefficient (Wildman–Crippen LogP) is 4.20. The summed E-state index contributed by atoms with van der Waals surface area (Å²) in [6.45, 7) is 3.86. The molecule has 9 heteroatoms. The lowest BCUT2D eigenvalue weighted by atomic mass is 10.2. The van der Waals surface area contributed by atoms with Crippen LogP contribution < -0.4 is 5.32 Å². The van der Waals surface area contributed by atoms with Gasteiger partial charge in [0.05, 0.1) is 23.5 Å². The number of aryl methyl sites for hydroxylation is 1. The fourth-order valence-electron chi connectivity index (χ4n) is 2.18. The van der Waals surface area contributed by atoms with E-state index >= 15 is 0 Å². The third kappa shape index (κ3) is 3.95. The number of ether oxygens (including phenoxy) is 1. The van der Waals surface area contributed by atoms with Gasteiger partial charge in [0.2, 0.25) is 0 Å². The van der Waals surface area contributed by atoms with Crippen LogP contribution in [0, 0.1) is 6.92 Å². The summed E-state index contributed by atoms with van der Waals surface area (Å²) in [6, 6.07) is 4.95. The molecule has 1 N–H and O–H groups in total. The number of rotatable bonds is 5. The quantitative estimate of drug-likeness (QED) is 0.656. The van der Waals surface area contributed by atoms with Gasteiger partial charge in [-0.2, -0.15) is 10.1 Å². The molecule has 2 heterocycles. The summed E-state index contributed by atoms with van der Waals surface area (Å²) >= 11 is 12.2. The SMILES string of the molecule is CCOC(=O)c1cnc(-n2cc(C)cn2)nc1Nc1cc(Cl)ccc1Cl. The second-order valence-electron chi connectivity index (χ2n) is 5.36. The normalized spacial score (nSPS) is 10.6. The molecule has 7 nitrogen and oxygen atoms in total. The molecule has 0 saturated heterocycles. The molecule has 0 aliphatic carbocycles. The fraction of sp³-hybridized carbons (Fsp3) is 0.176. The molecule has 134 valence electrons. The molecule has 26 heavy (non-hydrogen) atoms. The predicted molar refractivity (Wildman–Crippen MR) is 99.6 cm³/mol. The van der Waals surface area contributed by atoms with Gasteiger partial charge in [-0.25, -0.2) is 14.5 Å². The maximum Gasteiger partial charge on any atom is 0.343 e. The van der Waals surface area contributed by atoms with Crippen LogP contribution in [0.4, 0.5) is 11.5 Å². The van der Waals surface area contributed by atoms with Crippen LogP contribution in [0.2, 0.25) is 10.0 Å². The van der Waals surface area contributed by atoms with Crippen molar-refractivity contribution in [3.05, 3.63) is 58.0 Å². The number of nitrogens with zero attached hydrogens (tertiary/aromatic N) is 4. The molecule has 0 fully saturated rings. The standard InChI is InChI=1S/C17H15Cl2N5O2/c1-3-26-16(25)12-8-20-17(24-9-10(2)7-21-24)23-15(12)22-14-6-11(18)4-5-13(14)19/h4-9H,3H2,1-2H3,(H,20,22,23). The summed E-state index contributed by atoms with van der Waals surface area (Å²) in [5.74, 6) is -0.00563. The van der Waals surface area contributed by atoms with Crippen molar-refractivity contribution in [1.82, 2.24) is 19.7 Å². The molecule has 0 spiro atoms. The molecule has 3 rings (SSSR count). The number of carbonyl (C=O) groups is 1. The summed E-state index contributed by atoms with van der Waals surface area (Å²) in [7, 11) is 0. The lowest BCUT2D eigenvalue weighted by Gasteiger charge is -2.13. The highest BCUT2D eigenvalue weighted by molar-refractivity contribution is 6.35. The highest BCUT2D eigenvalue weighted by Gasteiger charge is 2.18. The second kappa shape index (κ2) is 7.72. The van der Waals surface area contributed by atoms with Crippen LogP contribution in [0.25, 0.3) is 5.95 Å². The third-order valence-corrected chi connectivity index (χ3v) is 3.93. The Morgan fingerprint density at radius 1 is 1.31 bits per heavy atom. The van der Waals surface area contributed by atoms with Gasteiger partial charge in [-0.1, -0.05) is 23.2 Å². The first-order chi connectivity index (χ1) is 12.5. The first-order valence-corrected chi connectivity index (χ1v) is 8.51. The van der Waals surface area contributed by atoms with Crippen LogP contribution >= 0.6 is 23.2 Å². The fourth-order valence-corrected chi connectivity index (χ4v) is 2.52. The van der Waals surface area contributed by atoms with Crippen molar-refractivity contribution in [1.29, 1.82) is 0 Å². The molecule has 0 aliphatic rings. The molecular formula is C17H15Cl2N5O2. The van der Waals surface area contributed by atoms with E-state index in [1.165, 1.54) is 10.9 Å². The minimum atomic E-state index is -0.545. The molecule has 0 unspecified atom stereocenters. The molecule has 0 atom stereocenters. The Balaban J connectivity index is 2.06. The summed E-state index contributed by atoms with van der Waals surface area (Å²) in [5, 5.41) is 8.13. The third-order valence-electron chi connectivity index (χ3n) is 3.37. The summed E-state index contributed by atoms with van der Waals surface area (Å²) in [4.78, 5) is 20.8. The molecule has 0 amide bonds. The number of halogens is 2. The van der Waals surface area contributed by atoms with Crippen LogP contribution in [0.5, 0.6) is 0 Å². The Kier molecular flexibility index (Phi) is 5.39. The van der Waals surface area contributed by atoms with Gasteiger partial charge in [0.1, 0.15) is 5.56 Å². The molecule has 0 saturated carbocycles. The first-order valence-electron chi connectivity index (χ1n) is 7.76. The lowest BCUT2D eigenvalue weighted by Crippen LogP contribution is -2.13. The smallest absolute Gasteiger partial charge is 0.343 e. The van der Waals surface area contributed by atoms with E-state index in [0.29, 0.717) is 21.7 Å². The Morgan fingerprint density at radius 3 is 2.81 bits per heavy atom. The number of hydrogen-bond acceptors (Lipinski definition) is 6. The van der Waals surface area contributed by atoms with E-state index < -0.39 is 5.97 Å². The number of anilines is 2. The van der Waals surface area contributed by atoms with Crippen LogP contribution in [0.3, 0.4) is 0 Å². The van der Waals surface area contributed by atoms with Gasteiger partial charge in [-0.05, 0) is 37.6 Å². The zero-order chi connectivity index (χ0) is 18.7. The zero-order valence-corrected chi connectivity index (χ0v) is 15.5. The molecule has 0 bridgehead atoms. The number of benzene rings is 1. The number of esters is 1. The van der Waals surface area contributed by atoms with Crippen molar-refractivity contribution in [2.45, 2.75) is 13.8 Å². The Morgan fingerprint density at radius 2 is 2.12 bits per heavy atom. The topological polar surface area (TPSA) is 81.9 Å². The van der Waals surface area contributed by atoms with Crippen LogP contribution in [0.15, 0.2) is 36.8 Å². The van der Waals surface area contributed by atoms with Crippen LogP contribution in [-0.2, 0) is 4.74 Å². The number of aromatic nitrogens is 4. The van der Waals surface area contributed by atoms with Gasteiger partial charge < -0.3 is 10.1 Å². The van der Waals surface area contributed by atoms with Gasteiger partial charge in [0.15, 0.2) is 5.82 Å². The van der Waals surface area contributed by atoms with Crippen molar-refractivity contribution in [2.75, 3.05) is 11.9 Å². The van der Waals surface area contributed by atoms with Gasteiger partial charge in [-0.15, -0.1) is 0 Å². The Bertz CT molecular complexity index is 958. The minimum absolute atomic E-state index is 0.176. The zero-order valence-electron chi connectivity index (χ0n) is 14.0. The number of hydrogen-bond donors (Lipinski definition) is 1. The highest BCUT2D eigenvalue weighted by Crippen LogP contribution is 2.29. The maximum absolute atomic E-state index is 12.2. The van der Waals surface area contributed by atoms with Crippen molar-refractivity contribution >= 4 is 40.7 Å². The summed E-state index contributed by atoms with van der Waals surface area (Å²) < 4.78 is 6.58. The van der Waals surface area contributed by atoms with Crippen molar-refractivity contribution in [3.63, 3.8) is 0 Å². The van der Waals surface area contributed by atoms with Gasteiger partial charge in [-0.3, -0.25) is 0 Å². The Hall–Kier alpha value is -2.64. The maximum atomic E-state index is 12.2. The van der Waals surface area contributed by atoms with E-state index in [0.717, 1.165) is 5.56 Å². The number of carbonyl (C=O) groups excluding carboxylic acids is 1. The largest absolute Gasteiger partial charge is 0.462 e. The highest BCUT2D eigenvalue weighted by atomic mass is 35.5. The van der Waals surface area contributed by atoms with E-state index in [9.17, 15) is 4.79 Å². The van der Waals surface area contributed by atoms with E-state index in [4.69, 9.17) is 27.9 Å². The molecule has 2 aromatic heterocycles. The molecular weight excluding hydrogens is 377 g/mol. The van der Waals surface area contributed by atoms with Gasteiger partial charge in [0, 0.05) is 17.4 Å². The molecule has 3 aromatic rings. The van der Waals surface area contributed by atoms with Gasteiger partial charge in [0.25, 0.3) is 5.95 Å². The van der Waals surface area contributed by atoms with Crippen molar-refractivity contribution < 1.29 is 9.53 Å². The molecule has 0 aliphatic heterocycles. The minimum Gasteiger partial charge on any atom is -0.462 e. The Labute approximate surface area is 159 Å². The van der Waals surface area contributed by atoms with Crippen molar-refractivity contribution in [3.8, 4) is 5.95 Å². The van der Waals surface area contributed by atoms with Gasteiger partial charge >= 0.3 is 5.97 Å². The van der Waals surface area contributed by atoms with Crippen LogP contribution in [-0.4, -0.2) is 32.3 Å². The van der Waals surface area contributed by atoms with E-state index in [2.05, 4.69) is 20.4 Å². The van der Waals surface area contributed by atoms with E-state index in [-0.39, 0.29) is 18.0 Å². The second-order valence-corrected chi connectivity index (χ2v) is 6.21. The average Bonchev–Trinajstić information content (AvgIpc) is 3.05. The monoisotopic (exact) mass is 391 g/mol. The summed E-state index contributed by atoms with van der Waals surface area (Å²) in [5.41, 5.74) is 1.64. The molecule has 0 radical (unpaired) electrons. The summed E-state index contributed by atoms with van der Waals surface area (Å²) in [6.07, 6.45) is 4.84. The first kappa shape index (κ1) is 18.2.